The van der Waals surface area contributed by atoms with Crippen molar-refractivity contribution in [2.24, 2.45) is 0 Å². The zero-order valence-corrected chi connectivity index (χ0v) is 15.1. The lowest BCUT2D eigenvalue weighted by Gasteiger charge is -2.14. The van der Waals surface area contributed by atoms with Gasteiger partial charge in [-0.25, -0.2) is 9.78 Å². The molecule has 8 heteroatoms. The summed E-state index contributed by atoms with van der Waals surface area (Å²) < 4.78 is 5.19. The molecule has 0 radical (unpaired) electrons. The average molecular weight is 362 g/mol. The molecule has 3 rings (SSSR count). The molecule has 0 saturated heterocycles. The number of H-pyrrole nitrogens is 1. The SMILES string of the molecule is COc1ccc2nc(S[C@H](C)C(=O)NC(=O)NC3CCCC3)[nH]c2c1. The summed E-state index contributed by atoms with van der Waals surface area (Å²) in [7, 11) is 1.61. The topological polar surface area (TPSA) is 96.1 Å². The van der Waals surface area contributed by atoms with Crippen molar-refractivity contribution in [2.45, 2.75) is 49.1 Å². The van der Waals surface area contributed by atoms with E-state index < -0.39 is 11.3 Å². The Morgan fingerprint density at radius 3 is 2.84 bits per heavy atom. The fourth-order valence-electron chi connectivity index (χ4n) is 2.87. The van der Waals surface area contributed by atoms with Gasteiger partial charge in [0.05, 0.1) is 23.4 Å². The van der Waals surface area contributed by atoms with E-state index in [2.05, 4.69) is 20.6 Å². The van der Waals surface area contributed by atoms with Crippen molar-refractivity contribution in [3.05, 3.63) is 18.2 Å². The van der Waals surface area contributed by atoms with Crippen LogP contribution in [0.1, 0.15) is 32.6 Å². The number of carbonyl (C=O) groups excluding carboxylic acids is 2. The number of hydrogen-bond acceptors (Lipinski definition) is 5. The lowest BCUT2D eigenvalue weighted by Crippen LogP contribution is -2.45. The molecule has 1 aliphatic carbocycles. The molecule has 1 aliphatic rings. The molecule has 0 aliphatic heterocycles. The highest BCUT2D eigenvalue weighted by atomic mass is 32.2. The fourth-order valence-corrected chi connectivity index (χ4v) is 3.70. The van der Waals surface area contributed by atoms with E-state index in [1.54, 1.807) is 14.0 Å². The second-order valence-electron chi connectivity index (χ2n) is 6.13. The van der Waals surface area contributed by atoms with Crippen LogP contribution < -0.4 is 15.4 Å². The zero-order chi connectivity index (χ0) is 17.8. The molecule has 1 aromatic heterocycles. The van der Waals surface area contributed by atoms with E-state index >= 15 is 0 Å². The number of hydrogen-bond donors (Lipinski definition) is 3. The van der Waals surface area contributed by atoms with E-state index in [1.165, 1.54) is 11.8 Å². The van der Waals surface area contributed by atoms with E-state index in [0.717, 1.165) is 42.5 Å². The maximum Gasteiger partial charge on any atom is 0.321 e. The lowest BCUT2D eigenvalue weighted by atomic mass is 10.2. The summed E-state index contributed by atoms with van der Waals surface area (Å²) in [6.45, 7) is 1.75. The Morgan fingerprint density at radius 1 is 1.36 bits per heavy atom. The fraction of sp³-hybridized carbons (Fsp3) is 0.471. The molecule has 134 valence electrons. The Morgan fingerprint density at radius 2 is 2.12 bits per heavy atom. The minimum atomic E-state index is -0.447. The van der Waals surface area contributed by atoms with Gasteiger partial charge in [-0.1, -0.05) is 24.6 Å². The standard InChI is InChI=1S/C17H22N4O3S/c1-10(15(22)21-16(23)18-11-5-3-4-6-11)25-17-19-13-8-7-12(24-2)9-14(13)20-17/h7-11H,3-6H2,1-2H3,(H,19,20)(H2,18,21,22,23)/t10-/m1/s1. The van der Waals surface area contributed by atoms with Gasteiger partial charge in [0.25, 0.3) is 0 Å². The molecule has 7 nitrogen and oxygen atoms in total. The Balaban J connectivity index is 1.56. The minimum absolute atomic E-state index is 0.182. The predicted molar refractivity (Wildman–Crippen MR) is 96.9 cm³/mol. The first-order chi connectivity index (χ1) is 12.0. The van der Waals surface area contributed by atoms with Gasteiger partial charge >= 0.3 is 6.03 Å². The molecule has 0 bridgehead atoms. The third kappa shape index (κ3) is 4.45. The monoisotopic (exact) mass is 362 g/mol. The van der Waals surface area contributed by atoms with E-state index in [0.29, 0.717) is 5.16 Å². The third-order valence-electron chi connectivity index (χ3n) is 4.25. The summed E-state index contributed by atoms with van der Waals surface area (Å²) in [6.07, 6.45) is 4.21. The van der Waals surface area contributed by atoms with Crippen LogP contribution in [0.15, 0.2) is 23.4 Å². The summed E-state index contributed by atoms with van der Waals surface area (Å²) in [5.74, 6) is 0.403. The second-order valence-corrected chi connectivity index (χ2v) is 7.46. The maximum absolute atomic E-state index is 12.2. The van der Waals surface area contributed by atoms with Crippen LogP contribution in [0, 0.1) is 0 Å². The van der Waals surface area contributed by atoms with E-state index in [-0.39, 0.29) is 11.9 Å². The van der Waals surface area contributed by atoms with Gasteiger partial charge in [0.15, 0.2) is 5.16 Å². The summed E-state index contributed by atoms with van der Waals surface area (Å²) >= 11 is 1.28. The number of imide groups is 1. The first-order valence-corrected chi connectivity index (χ1v) is 9.25. The van der Waals surface area contributed by atoms with Gasteiger partial charge in [-0.15, -0.1) is 0 Å². The number of ether oxygens (including phenoxy) is 1. The summed E-state index contributed by atoms with van der Waals surface area (Å²) in [5.41, 5.74) is 1.64. The molecule has 3 amide bonds. The highest BCUT2D eigenvalue weighted by Gasteiger charge is 2.21. The molecule has 0 spiro atoms. The number of amides is 3. The van der Waals surface area contributed by atoms with Crippen LogP contribution >= 0.6 is 11.8 Å². The van der Waals surface area contributed by atoms with Crippen LogP contribution in [0.2, 0.25) is 0 Å². The van der Waals surface area contributed by atoms with Crippen LogP contribution in [-0.2, 0) is 4.79 Å². The molecule has 1 aromatic carbocycles. The number of aromatic amines is 1. The third-order valence-corrected chi connectivity index (χ3v) is 5.24. The van der Waals surface area contributed by atoms with Crippen molar-refractivity contribution in [1.29, 1.82) is 0 Å². The Labute approximate surface area is 150 Å². The zero-order valence-electron chi connectivity index (χ0n) is 14.3. The van der Waals surface area contributed by atoms with E-state index in [9.17, 15) is 9.59 Å². The number of imidazole rings is 1. The predicted octanol–water partition coefficient (Wildman–Crippen LogP) is 2.82. The quantitative estimate of drug-likeness (QED) is 0.711. The Hall–Kier alpha value is -2.22. The normalized spacial score (nSPS) is 15.9. The highest BCUT2D eigenvalue weighted by molar-refractivity contribution is 8.00. The molecular weight excluding hydrogens is 340 g/mol. The van der Waals surface area contributed by atoms with Crippen LogP contribution in [-0.4, -0.2) is 40.3 Å². The van der Waals surface area contributed by atoms with Crippen LogP contribution in [0.5, 0.6) is 5.75 Å². The van der Waals surface area contributed by atoms with Gasteiger partial charge in [0.2, 0.25) is 5.91 Å². The average Bonchev–Trinajstić information content (AvgIpc) is 3.22. The number of benzene rings is 1. The summed E-state index contributed by atoms with van der Waals surface area (Å²) in [5, 5.41) is 5.43. The number of aromatic nitrogens is 2. The van der Waals surface area contributed by atoms with Gasteiger partial charge < -0.3 is 15.0 Å². The van der Waals surface area contributed by atoms with Gasteiger partial charge in [0.1, 0.15) is 5.75 Å². The van der Waals surface area contributed by atoms with Crippen LogP contribution in [0.25, 0.3) is 11.0 Å². The van der Waals surface area contributed by atoms with E-state index in [1.807, 2.05) is 18.2 Å². The smallest absolute Gasteiger partial charge is 0.321 e. The second kappa shape index (κ2) is 7.77. The highest BCUT2D eigenvalue weighted by Crippen LogP contribution is 2.25. The first-order valence-electron chi connectivity index (χ1n) is 8.37. The Kier molecular flexibility index (Phi) is 5.47. The van der Waals surface area contributed by atoms with Gasteiger partial charge in [-0.05, 0) is 31.9 Å². The molecule has 0 unspecified atom stereocenters. The molecule has 1 fully saturated rings. The molecule has 25 heavy (non-hydrogen) atoms. The number of carbonyl (C=O) groups is 2. The summed E-state index contributed by atoms with van der Waals surface area (Å²) in [6, 6.07) is 5.31. The number of methoxy groups -OCH3 is 1. The molecule has 3 N–H and O–H groups in total. The van der Waals surface area contributed by atoms with Crippen molar-refractivity contribution in [2.75, 3.05) is 7.11 Å². The number of nitrogens with zero attached hydrogens (tertiary/aromatic N) is 1. The molecule has 1 atom stereocenters. The van der Waals surface area contributed by atoms with Crippen molar-refractivity contribution >= 4 is 34.7 Å². The van der Waals surface area contributed by atoms with Gasteiger partial charge in [0, 0.05) is 12.1 Å². The molecule has 1 saturated carbocycles. The lowest BCUT2D eigenvalue weighted by molar-refractivity contribution is -0.119. The molecule has 2 aromatic rings. The maximum atomic E-state index is 12.2. The number of rotatable bonds is 5. The van der Waals surface area contributed by atoms with Crippen molar-refractivity contribution in [1.82, 2.24) is 20.6 Å². The van der Waals surface area contributed by atoms with Crippen LogP contribution in [0.4, 0.5) is 4.79 Å². The largest absolute Gasteiger partial charge is 0.497 e. The number of fused-ring (bicyclic) bond motifs is 1. The van der Waals surface area contributed by atoms with Crippen LogP contribution in [0.3, 0.4) is 0 Å². The van der Waals surface area contributed by atoms with Gasteiger partial charge in [-0.2, -0.15) is 0 Å². The van der Waals surface area contributed by atoms with Crippen molar-refractivity contribution in [3.63, 3.8) is 0 Å². The molecule has 1 heterocycles. The summed E-state index contributed by atoms with van der Waals surface area (Å²) in [4.78, 5) is 31.7. The Bertz CT molecular complexity index is 770. The number of thioether (sulfide) groups is 1. The number of nitrogens with one attached hydrogen (secondary N) is 3. The van der Waals surface area contributed by atoms with Crippen molar-refractivity contribution < 1.29 is 14.3 Å². The first kappa shape index (κ1) is 17.6. The van der Waals surface area contributed by atoms with Crippen molar-refractivity contribution in [3.8, 4) is 5.75 Å². The van der Waals surface area contributed by atoms with E-state index in [4.69, 9.17) is 4.74 Å². The molecular formula is C17H22N4O3S. The number of urea groups is 1. The minimum Gasteiger partial charge on any atom is -0.497 e. The van der Waals surface area contributed by atoms with Gasteiger partial charge in [-0.3, -0.25) is 10.1 Å².